The second-order valence-electron chi connectivity index (χ2n) is 4.13. The van der Waals surface area contributed by atoms with Gasteiger partial charge in [0.1, 0.15) is 0 Å². The first kappa shape index (κ1) is 12.0. The minimum atomic E-state index is -1.05. The van der Waals surface area contributed by atoms with Crippen molar-refractivity contribution in [1.29, 1.82) is 0 Å². The topological polar surface area (TPSA) is 80.5 Å². The molecule has 1 saturated heterocycles. The number of rotatable bonds is 4. The molecule has 1 aliphatic heterocycles. The van der Waals surface area contributed by atoms with Crippen LogP contribution in [0.3, 0.4) is 0 Å². The van der Waals surface area contributed by atoms with Crippen molar-refractivity contribution in [1.82, 2.24) is 19.9 Å². The number of nitrogens with zero attached hydrogens (tertiary/aromatic N) is 4. The van der Waals surface area contributed by atoms with Gasteiger partial charge in [-0.05, 0) is 6.92 Å². The van der Waals surface area contributed by atoms with Crippen LogP contribution in [0.1, 0.15) is 17.4 Å². The third-order valence-corrected chi connectivity index (χ3v) is 2.88. The SMILES string of the molecule is C[C@H](Cn1cc(C(=O)O)nn1)N1CCOCC1. The van der Waals surface area contributed by atoms with Gasteiger partial charge in [-0.1, -0.05) is 5.21 Å². The molecular weight excluding hydrogens is 224 g/mol. The summed E-state index contributed by atoms with van der Waals surface area (Å²) in [5, 5.41) is 16.1. The highest BCUT2D eigenvalue weighted by Crippen LogP contribution is 2.06. The van der Waals surface area contributed by atoms with Crippen molar-refractivity contribution < 1.29 is 14.6 Å². The first-order valence-electron chi connectivity index (χ1n) is 5.62. The van der Waals surface area contributed by atoms with Gasteiger partial charge in [0.05, 0.1) is 26.0 Å². The van der Waals surface area contributed by atoms with Crippen molar-refractivity contribution in [3.05, 3.63) is 11.9 Å². The lowest BCUT2D eigenvalue weighted by molar-refractivity contribution is 0.0161. The third-order valence-electron chi connectivity index (χ3n) is 2.88. The van der Waals surface area contributed by atoms with Gasteiger partial charge in [-0.15, -0.1) is 5.10 Å². The summed E-state index contributed by atoms with van der Waals surface area (Å²) < 4.78 is 6.85. The number of carboxylic acids is 1. The number of carboxylic acid groups (broad SMARTS) is 1. The van der Waals surface area contributed by atoms with Crippen molar-refractivity contribution in [2.24, 2.45) is 0 Å². The summed E-state index contributed by atoms with van der Waals surface area (Å²) in [5.74, 6) is -1.05. The van der Waals surface area contributed by atoms with Crippen LogP contribution in [0.15, 0.2) is 6.20 Å². The number of hydrogen-bond donors (Lipinski definition) is 1. The maximum absolute atomic E-state index is 10.7. The summed E-state index contributed by atoms with van der Waals surface area (Å²) in [6, 6.07) is 0.294. The van der Waals surface area contributed by atoms with Crippen LogP contribution in [0.25, 0.3) is 0 Å². The Morgan fingerprint density at radius 2 is 2.29 bits per heavy atom. The van der Waals surface area contributed by atoms with Gasteiger partial charge in [0.25, 0.3) is 0 Å². The Balaban J connectivity index is 1.92. The quantitative estimate of drug-likeness (QED) is 0.778. The van der Waals surface area contributed by atoms with Gasteiger partial charge in [-0.2, -0.15) is 0 Å². The predicted octanol–water partition coefficient (Wildman–Crippen LogP) is -0.303. The maximum atomic E-state index is 10.7. The third kappa shape index (κ3) is 3.01. The molecule has 0 aliphatic carbocycles. The summed E-state index contributed by atoms with van der Waals surface area (Å²) in [7, 11) is 0. The normalized spacial score (nSPS) is 19.1. The Kier molecular flexibility index (Phi) is 3.70. The Hall–Kier alpha value is -1.47. The highest BCUT2D eigenvalue weighted by molar-refractivity contribution is 5.84. The smallest absolute Gasteiger partial charge is 0.358 e. The van der Waals surface area contributed by atoms with E-state index in [1.807, 2.05) is 0 Å². The minimum Gasteiger partial charge on any atom is -0.476 e. The molecule has 1 aromatic rings. The number of ether oxygens (including phenoxy) is 1. The van der Waals surface area contributed by atoms with Crippen molar-refractivity contribution in [3.8, 4) is 0 Å². The van der Waals surface area contributed by atoms with E-state index in [0.29, 0.717) is 12.6 Å². The lowest BCUT2D eigenvalue weighted by atomic mass is 10.2. The van der Waals surface area contributed by atoms with Gasteiger partial charge in [0.2, 0.25) is 0 Å². The van der Waals surface area contributed by atoms with Crippen LogP contribution < -0.4 is 0 Å². The van der Waals surface area contributed by atoms with Gasteiger partial charge in [0, 0.05) is 19.1 Å². The van der Waals surface area contributed by atoms with E-state index < -0.39 is 5.97 Å². The van der Waals surface area contributed by atoms with E-state index in [9.17, 15) is 4.79 Å². The van der Waals surface area contributed by atoms with Crippen LogP contribution in [0.5, 0.6) is 0 Å². The van der Waals surface area contributed by atoms with Crippen LogP contribution in [-0.2, 0) is 11.3 Å². The zero-order valence-corrected chi connectivity index (χ0v) is 9.74. The van der Waals surface area contributed by atoms with Crippen molar-refractivity contribution in [2.45, 2.75) is 19.5 Å². The Morgan fingerprint density at radius 3 is 2.88 bits per heavy atom. The molecule has 0 aromatic carbocycles. The molecule has 7 nitrogen and oxygen atoms in total. The molecule has 0 bridgehead atoms. The molecule has 0 saturated carbocycles. The lowest BCUT2D eigenvalue weighted by Crippen LogP contribution is -2.44. The van der Waals surface area contributed by atoms with E-state index in [4.69, 9.17) is 9.84 Å². The number of carbonyl (C=O) groups is 1. The summed E-state index contributed by atoms with van der Waals surface area (Å²) >= 11 is 0. The van der Waals surface area contributed by atoms with Gasteiger partial charge in [-0.25, -0.2) is 4.79 Å². The molecule has 94 valence electrons. The molecule has 0 amide bonds. The van der Waals surface area contributed by atoms with Gasteiger partial charge in [-0.3, -0.25) is 9.58 Å². The molecule has 1 aliphatic rings. The molecule has 0 radical (unpaired) electrons. The highest BCUT2D eigenvalue weighted by atomic mass is 16.5. The fourth-order valence-corrected chi connectivity index (χ4v) is 1.89. The second-order valence-corrected chi connectivity index (χ2v) is 4.13. The maximum Gasteiger partial charge on any atom is 0.358 e. The van der Waals surface area contributed by atoms with Crippen LogP contribution in [-0.4, -0.2) is 63.3 Å². The fourth-order valence-electron chi connectivity index (χ4n) is 1.89. The van der Waals surface area contributed by atoms with Gasteiger partial charge < -0.3 is 9.84 Å². The van der Waals surface area contributed by atoms with E-state index in [0.717, 1.165) is 26.3 Å². The molecule has 1 atom stereocenters. The highest BCUT2D eigenvalue weighted by Gasteiger charge is 2.18. The van der Waals surface area contributed by atoms with Gasteiger partial charge >= 0.3 is 5.97 Å². The first-order valence-corrected chi connectivity index (χ1v) is 5.62. The standard InChI is InChI=1S/C10H16N4O3/c1-8(13-2-4-17-5-3-13)6-14-7-9(10(15)16)11-12-14/h7-8H,2-6H2,1H3,(H,15,16)/t8-/m1/s1. The number of hydrogen-bond acceptors (Lipinski definition) is 5. The Bertz CT molecular complexity index is 387. The number of aromatic carboxylic acids is 1. The van der Waals surface area contributed by atoms with Crippen LogP contribution in [0.4, 0.5) is 0 Å². The van der Waals surface area contributed by atoms with Gasteiger partial charge in [0.15, 0.2) is 5.69 Å². The van der Waals surface area contributed by atoms with Crippen molar-refractivity contribution in [2.75, 3.05) is 26.3 Å². The number of morpholine rings is 1. The molecule has 1 aromatic heterocycles. The predicted molar refractivity (Wildman–Crippen MR) is 58.8 cm³/mol. The van der Waals surface area contributed by atoms with Crippen LogP contribution in [0, 0.1) is 0 Å². The van der Waals surface area contributed by atoms with Crippen molar-refractivity contribution >= 4 is 5.97 Å². The second kappa shape index (κ2) is 5.24. The molecule has 0 spiro atoms. The van der Waals surface area contributed by atoms with E-state index in [2.05, 4.69) is 22.1 Å². The largest absolute Gasteiger partial charge is 0.476 e. The van der Waals surface area contributed by atoms with Crippen molar-refractivity contribution in [3.63, 3.8) is 0 Å². The molecule has 17 heavy (non-hydrogen) atoms. The Morgan fingerprint density at radius 1 is 1.59 bits per heavy atom. The fraction of sp³-hybridized carbons (Fsp3) is 0.700. The molecule has 1 N–H and O–H groups in total. The number of aromatic nitrogens is 3. The molecule has 7 heteroatoms. The van der Waals surface area contributed by atoms with E-state index in [1.54, 1.807) is 4.68 Å². The zero-order chi connectivity index (χ0) is 12.3. The van der Waals surface area contributed by atoms with E-state index >= 15 is 0 Å². The summed E-state index contributed by atoms with van der Waals surface area (Å²) in [4.78, 5) is 13.0. The molecule has 1 fully saturated rings. The average Bonchev–Trinajstić information content (AvgIpc) is 2.79. The monoisotopic (exact) mass is 240 g/mol. The summed E-state index contributed by atoms with van der Waals surface area (Å²) in [5.41, 5.74) is -0.0147. The molecule has 0 unspecified atom stereocenters. The molecular formula is C10H16N4O3. The molecule has 2 rings (SSSR count). The summed E-state index contributed by atoms with van der Waals surface area (Å²) in [6.07, 6.45) is 1.46. The van der Waals surface area contributed by atoms with E-state index in [1.165, 1.54) is 6.20 Å². The first-order chi connectivity index (χ1) is 8.16. The zero-order valence-electron chi connectivity index (χ0n) is 9.74. The average molecular weight is 240 g/mol. The minimum absolute atomic E-state index is 0.0147. The van der Waals surface area contributed by atoms with Crippen LogP contribution >= 0.6 is 0 Å². The summed E-state index contributed by atoms with van der Waals surface area (Å²) in [6.45, 7) is 6.04. The van der Waals surface area contributed by atoms with E-state index in [-0.39, 0.29) is 5.69 Å². The Labute approximate surface area is 99.0 Å². The molecule has 2 heterocycles. The van der Waals surface area contributed by atoms with Crippen LogP contribution in [0.2, 0.25) is 0 Å². The lowest BCUT2D eigenvalue weighted by Gasteiger charge is -2.31.